The average molecular weight is 377 g/mol. The number of phenolic OH excluding ortho intramolecular Hbond substituents is 1. The second-order valence-electron chi connectivity index (χ2n) is 5.64. The quantitative estimate of drug-likeness (QED) is 0.796. The number of hydrogen-bond donors (Lipinski definition) is 2. The van der Waals surface area contributed by atoms with Crippen molar-refractivity contribution in [2.24, 2.45) is 0 Å². The molecular formula is C18H14Cl2N2O3. The number of carbonyl (C=O) groups excluding carboxylic acids is 2. The number of benzene rings is 2. The van der Waals surface area contributed by atoms with Gasteiger partial charge >= 0.3 is 0 Å². The first-order valence-corrected chi connectivity index (χ1v) is 8.19. The van der Waals surface area contributed by atoms with Crippen molar-refractivity contribution in [3.05, 3.63) is 69.3 Å². The van der Waals surface area contributed by atoms with Gasteiger partial charge in [0.2, 0.25) is 0 Å². The first kappa shape index (κ1) is 17.3. The van der Waals surface area contributed by atoms with Crippen LogP contribution in [-0.4, -0.2) is 21.8 Å². The van der Waals surface area contributed by atoms with Crippen molar-refractivity contribution < 1.29 is 14.7 Å². The summed E-state index contributed by atoms with van der Waals surface area (Å²) in [6, 6.07) is 11.7. The van der Waals surface area contributed by atoms with Crippen molar-refractivity contribution in [1.82, 2.24) is 4.90 Å². The van der Waals surface area contributed by atoms with Crippen LogP contribution in [0, 0.1) is 6.92 Å². The highest BCUT2D eigenvalue weighted by Gasteiger charge is 2.37. The fourth-order valence-corrected chi connectivity index (χ4v) is 2.76. The molecule has 1 aliphatic heterocycles. The zero-order valence-corrected chi connectivity index (χ0v) is 14.7. The van der Waals surface area contributed by atoms with Gasteiger partial charge < -0.3 is 10.4 Å². The molecule has 0 saturated carbocycles. The van der Waals surface area contributed by atoms with Crippen LogP contribution in [0.5, 0.6) is 5.75 Å². The van der Waals surface area contributed by atoms with Crippen molar-refractivity contribution in [1.29, 1.82) is 0 Å². The molecule has 0 aliphatic carbocycles. The minimum atomic E-state index is -0.569. The normalized spacial score (nSPS) is 14.4. The second kappa shape index (κ2) is 6.78. The van der Waals surface area contributed by atoms with Gasteiger partial charge in [0, 0.05) is 16.8 Å². The number of imide groups is 1. The zero-order valence-electron chi connectivity index (χ0n) is 13.2. The molecule has 2 amide bonds. The molecule has 128 valence electrons. The monoisotopic (exact) mass is 376 g/mol. The third kappa shape index (κ3) is 3.48. The Morgan fingerprint density at radius 1 is 1.04 bits per heavy atom. The number of rotatable bonds is 4. The standard InChI is InChI=1S/C18H14Cl2N2O3/c1-10-2-7-13(8-14(10)23)21-16-15(20)17(24)22(18(16)25)9-11-3-5-12(19)6-4-11/h2-8,21,23H,9H2,1H3. The second-order valence-corrected chi connectivity index (χ2v) is 6.45. The zero-order chi connectivity index (χ0) is 18.1. The predicted molar refractivity (Wildman–Crippen MR) is 96.4 cm³/mol. The summed E-state index contributed by atoms with van der Waals surface area (Å²) in [5.41, 5.74) is 1.91. The van der Waals surface area contributed by atoms with Gasteiger partial charge in [0.1, 0.15) is 16.5 Å². The van der Waals surface area contributed by atoms with Crippen LogP contribution in [0.3, 0.4) is 0 Å². The third-order valence-electron chi connectivity index (χ3n) is 3.84. The van der Waals surface area contributed by atoms with E-state index in [1.165, 1.54) is 6.07 Å². The summed E-state index contributed by atoms with van der Waals surface area (Å²) >= 11 is 11.9. The fraction of sp³-hybridized carbons (Fsp3) is 0.111. The van der Waals surface area contributed by atoms with E-state index in [4.69, 9.17) is 23.2 Å². The first-order valence-electron chi connectivity index (χ1n) is 7.44. The van der Waals surface area contributed by atoms with Crippen molar-refractivity contribution in [3.8, 4) is 5.75 Å². The number of hydrogen-bond acceptors (Lipinski definition) is 4. The number of carbonyl (C=O) groups is 2. The number of aryl methyl sites for hydroxylation is 1. The van der Waals surface area contributed by atoms with E-state index in [-0.39, 0.29) is 23.0 Å². The molecule has 0 unspecified atom stereocenters. The first-order chi connectivity index (χ1) is 11.9. The minimum Gasteiger partial charge on any atom is -0.508 e. The highest BCUT2D eigenvalue weighted by molar-refractivity contribution is 6.48. The number of amides is 2. The van der Waals surface area contributed by atoms with Gasteiger partial charge in [-0.1, -0.05) is 41.4 Å². The van der Waals surface area contributed by atoms with Gasteiger partial charge in [0.25, 0.3) is 11.8 Å². The molecule has 0 saturated heterocycles. The summed E-state index contributed by atoms with van der Waals surface area (Å²) in [6.07, 6.45) is 0. The van der Waals surface area contributed by atoms with Gasteiger partial charge in [-0.15, -0.1) is 0 Å². The number of nitrogens with zero attached hydrogens (tertiary/aromatic N) is 1. The van der Waals surface area contributed by atoms with Crippen LogP contribution >= 0.6 is 23.2 Å². The maximum absolute atomic E-state index is 12.6. The summed E-state index contributed by atoms with van der Waals surface area (Å²) in [7, 11) is 0. The van der Waals surface area contributed by atoms with Crippen molar-refractivity contribution in [2.45, 2.75) is 13.5 Å². The smallest absolute Gasteiger partial charge is 0.279 e. The van der Waals surface area contributed by atoms with E-state index in [0.29, 0.717) is 16.3 Å². The molecule has 3 rings (SSSR count). The van der Waals surface area contributed by atoms with Crippen LogP contribution in [0.15, 0.2) is 53.2 Å². The molecule has 0 atom stereocenters. The lowest BCUT2D eigenvalue weighted by molar-refractivity contribution is -0.138. The van der Waals surface area contributed by atoms with Crippen LogP contribution in [-0.2, 0) is 16.1 Å². The largest absolute Gasteiger partial charge is 0.508 e. The van der Waals surface area contributed by atoms with Crippen LogP contribution in [0.25, 0.3) is 0 Å². The molecule has 0 radical (unpaired) electrons. The molecule has 1 aliphatic rings. The highest BCUT2D eigenvalue weighted by atomic mass is 35.5. The minimum absolute atomic E-state index is 0.0103. The van der Waals surface area contributed by atoms with E-state index in [9.17, 15) is 14.7 Å². The maximum Gasteiger partial charge on any atom is 0.279 e. The SMILES string of the molecule is Cc1ccc(NC2=C(Cl)C(=O)N(Cc3ccc(Cl)cc3)C2=O)cc1O. The van der Waals surface area contributed by atoms with Gasteiger partial charge in [-0.3, -0.25) is 14.5 Å². The molecule has 2 aromatic carbocycles. The number of nitrogens with one attached hydrogen (secondary N) is 1. The molecule has 0 fully saturated rings. The van der Waals surface area contributed by atoms with Crippen molar-refractivity contribution in [3.63, 3.8) is 0 Å². The van der Waals surface area contributed by atoms with Crippen LogP contribution in [0.4, 0.5) is 5.69 Å². The molecule has 2 N–H and O–H groups in total. The van der Waals surface area contributed by atoms with Crippen LogP contribution in [0.1, 0.15) is 11.1 Å². The predicted octanol–water partition coefficient (Wildman–Crippen LogP) is 3.79. The van der Waals surface area contributed by atoms with E-state index in [0.717, 1.165) is 10.5 Å². The van der Waals surface area contributed by atoms with Gasteiger partial charge in [0.15, 0.2) is 0 Å². The van der Waals surface area contributed by atoms with E-state index in [2.05, 4.69) is 5.32 Å². The van der Waals surface area contributed by atoms with Crippen LogP contribution < -0.4 is 5.32 Å². The Kier molecular flexibility index (Phi) is 4.70. The average Bonchev–Trinajstić information content (AvgIpc) is 2.78. The molecule has 0 bridgehead atoms. The summed E-state index contributed by atoms with van der Waals surface area (Å²) in [6.45, 7) is 1.85. The van der Waals surface area contributed by atoms with E-state index < -0.39 is 11.8 Å². The number of halogens is 2. The molecular weight excluding hydrogens is 363 g/mol. The number of phenols is 1. The van der Waals surface area contributed by atoms with E-state index in [1.807, 2.05) is 0 Å². The number of anilines is 1. The Morgan fingerprint density at radius 3 is 2.36 bits per heavy atom. The Morgan fingerprint density at radius 2 is 1.72 bits per heavy atom. The Labute approximate surface area is 154 Å². The van der Waals surface area contributed by atoms with Crippen LogP contribution in [0.2, 0.25) is 5.02 Å². The van der Waals surface area contributed by atoms with E-state index >= 15 is 0 Å². The van der Waals surface area contributed by atoms with E-state index in [1.54, 1.807) is 43.3 Å². The molecule has 2 aromatic rings. The topological polar surface area (TPSA) is 69.6 Å². The summed E-state index contributed by atoms with van der Waals surface area (Å²) in [4.78, 5) is 25.9. The van der Waals surface area contributed by atoms with Crippen molar-refractivity contribution in [2.75, 3.05) is 5.32 Å². The molecule has 0 aromatic heterocycles. The Bertz CT molecular complexity index is 892. The van der Waals surface area contributed by atoms with Gasteiger partial charge in [0.05, 0.1) is 6.54 Å². The summed E-state index contributed by atoms with van der Waals surface area (Å²) in [5.74, 6) is -1.01. The lowest BCUT2D eigenvalue weighted by Crippen LogP contribution is -2.31. The lowest BCUT2D eigenvalue weighted by Gasteiger charge is -2.15. The fourth-order valence-electron chi connectivity index (χ4n) is 2.40. The van der Waals surface area contributed by atoms with Crippen molar-refractivity contribution >= 4 is 40.7 Å². The Hall–Kier alpha value is -2.50. The molecule has 5 nitrogen and oxygen atoms in total. The lowest BCUT2D eigenvalue weighted by atomic mass is 10.2. The molecule has 25 heavy (non-hydrogen) atoms. The van der Waals surface area contributed by atoms with Gasteiger partial charge in [-0.25, -0.2) is 0 Å². The summed E-state index contributed by atoms with van der Waals surface area (Å²) < 4.78 is 0. The highest BCUT2D eigenvalue weighted by Crippen LogP contribution is 2.29. The molecule has 1 heterocycles. The van der Waals surface area contributed by atoms with Gasteiger partial charge in [-0.2, -0.15) is 0 Å². The summed E-state index contributed by atoms with van der Waals surface area (Å²) in [5, 5.41) is 13.0. The number of aromatic hydroxyl groups is 1. The molecule has 0 spiro atoms. The third-order valence-corrected chi connectivity index (χ3v) is 4.45. The Balaban J connectivity index is 1.81. The maximum atomic E-state index is 12.6. The van der Waals surface area contributed by atoms with Gasteiger partial charge in [-0.05, 0) is 36.2 Å². The molecule has 7 heteroatoms.